The fourth-order valence-corrected chi connectivity index (χ4v) is 4.62. The third-order valence-electron chi connectivity index (χ3n) is 6.14. The van der Waals surface area contributed by atoms with Crippen molar-refractivity contribution in [1.82, 2.24) is 9.80 Å². The zero-order chi connectivity index (χ0) is 25.2. The topological polar surface area (TPSA) is 53.1 Å². The number of nitrogens with zero attached hydrogens (tertiary/aromatic N) is 3. The summed E-state index contributed by atoms with van der Waals surface area (Å²) >= 11 is 7.56. The monoisotopic (exact) mass is 517 g/mol. The Morgan fingerprint density at radius 2 is 1.69 bits per heavy atom. The summed E-state index contributed by atoms with van der Waals surface area (Å²) in [7, 11) is 0. The number of ether oxygens (including phenoxy) is 1. The standard InChI is InChI=1S/C27H36ClN3O3S/c1-21(2)34-19-18-31(26(32)20-28)24-8-6-23(7-9-24)27(33)30-16-14-29(15-17-30)13-12-22-4-10-25(35-3)11-5-22/h4-11,21H,12-20H2,1-3H3. The van der Waals surface area contributed by atoms with Crippen molar-refractivity contribution in [3.63, 3.8) is 0 Å². The number of hydrogen-bond acceptors (Lipinski definition) is 5. The van der Waals surface area contributed by atoms with Gasteiger partial charge in [0.15, 0.2) is 0 Å². The van der Waals surface area contributed by atoms with E-state index >= 15 is 0 Å². The smallest absolute Gasteiger partial charge is 0.253 e. The number of thioether (sulfide) groups is 1. The lowest BCUT2D eigenvalue weighted by molar-refractivity contribution is -0.116. The summed E-state index contributed by atoms with van der Waals surface area (Å²) in [5, 5.41) is 0. The highest BCUT2D eigenvalue weighted by Gasteiger charge is 2.22. The number of piperazine rings is 1. The molecule has 3 rings (SSSR count). The second kappa shape index (κ2) is 13.9. The molecule has 0 saturated carbocycles. The second-order valence-electron chi connectivity index (χ2n) is 8.88. The van der Waals surface area contributed by atoms with E-state index in [1.54, 1.807) is 28.8 Å². The largest absolute Gasteiger partial charge is 0.377 e. The van der Waals surface area contributed by atoms with Crippen LogP contribution in [0, 0.1) is 0 Å². The molecule has 8 heteroatoms. The first-order chi connectivity index (χ1) is 16.9. The fourth-order valence-electron chi connectivity index (χ4n) is 4.07. The van der Waals surface area contributed by atoms with Gasteiger partial charge in [-0.1, -0.05) is 12.1 Å². The Morgan fingerprint density at radius 1 is 1.03 bits per heavy atom. The summed E-state index contributed by atoms with van der Waals surface area (Å²) in [6.07, 6.45) is 3.20. The molecule has 2 aromatic carbocycles. The molecule has 6 nitrogen and oxygen atoms in total. The van der Waals surface area contributed by atoms with E-state index < -0.39 is 0 Å². The lowest BCUT2D eigenvalue weighted by atomic mass is 10.1. The average Bonchev–Trinajstić information content (AvgIpc) is 2.89. The highest BCUT2D eigenvalue weighted by Crippen LogP contribution is 2.19. The Labute approximate surface area is 218 Å². The molecule has 2 aromatic rings. The molecule has 0 unspecified atom stereocenters. The van der Waals surface area contributed by atoms with Crippen LogP contribution in [0.25, 0.3) is 0 Å². The van der Waals surface area contributed by atoms with Crippen LogP contribution < -0.4 is 4.90 Å². The number of alkyl halides is 1. The first-order valence-corrected chi connectivity index (χ1v) is 13.9. The summed E-state index contributed by atoms with van der Waals surface area (Å²) < 4.78 is 5.59. The second-order valence-corrected chi connectivity index (χ2v) is 10.0. The molecule has 0 atom stereocenters. The van der Waals surface area contributed by atoms with Crippen molar-refractivity contribution in [2.24, 2.45) is 0 Å². The van der Waals surface area contributed by atoms with Crippen molar-refractivity contribution in [3.8, 4) is 0 Å². The van der Waals surface area contributed by atoms with Crippen LogP contribution in [-0.4, -0.2) is 85.7 Å². The van der Waals surface area contributed by atoms with Crippen LogP contribution in [0.1, 0.15) is 29.8 Å². The van der Waals surface area contributed by atoms with E-state index in [0.29, 0.717) is 18.7 Å². The highest BCUT2D eigenvalue weighted by molar-refractivity contribution is 7.98. The van der Waals surface area contributed by atoms with E-state index in [9.17, 15) is 9.59 Å². The highest BCUT2D eigenvalue weighted by atomic mass is 35.5. The predicted molar refractivity (Wildman–Crippen MR) is 145 cm³/mol. The van der Waals surface area contributed by atoms with Gasteiger partial charge in [-0.25, -0.2) is 0 Å². The molecular formula is C27H36ClN3O3S. The minimum atomic E-state index is -0.186. The Balaban J connectivity index is 1.50. The summed E-state index contributed by atoms with van der Waals surface area (Å²) in [6.45, 7) is 8.94. The molecule has 0 radical (unpaired) electrons. The minimum Gasteiger partial charge on any atom is -0.377 e. The Kier molecular flexibility index (Phi) is 10.9. The van der Waals surface area contributed by atoms with Crippen LogP contribution in [0.4, 0.5) is 5.69 Å². The number of rotatable bonds is 11. The maximum Gasteiger partial charge on any atom is 0.253 e. The van der Waals surface area contributed by atoms with E-state index in [4.69, 9.17) is 16.3 Å². The number of benzene rings is 2. The summed E-state index contributed by atoms with van der Waals surface area (Å²) in [5.41, 5.74) is 2.70. The Hall–Kier alpha value is -2.06. The molecule has 0 N–H and O–H groups in total. The van der Waals surface area contributed by atoms with Gasteiger partial charge in [-0.2, -0.15) is 0 Å². The van der Waals surface area contributed by atoms with Gasteiger partial charge < -0.3 is 14.5 Å². The number of halogens is 1. The molecular weight excluding hydrogens is 482 g/mol. The minimum absolute atomic E-state index is 0.0298. The van der Waals surface area contributed by atoms with Gasteiger partial charge in [-0.15, -0.1) is 23.4 Å². The molecule has 35 heavy (non-hydrogen) atoms. The Morgan fingerprint density at radius 3 is 2.26 bits per heavy atom. The first-order valence-electron chi connectivity index (χ1n) is 12.1. The third-order valence-corrected chi connectivity index (χ3v) is 7.11. The van der Waals surface area contributed by atoms with Gasteiger partial charge >= 0.3 is 0 Å². The summed E-state index contributed by atoms with van der Waals surface area (Å²) in [4.78, 5) is 32.6. The van der Waals surface area contributed by atoms with Crippen LogP contribution in [-0.2, 0) is 16.0 Å². The van der Waals surface area contributed by atoms with Crippen molar-refractivity contribution in [2.45, 2.75) is 31.3 Å². The molecule has 0 aliphatic carbocycles. The summed E-state index contributed by atoms with van der Waals surface area (Å²) in [6, 6.07) is 16.0. The molecule has 1 aliphatic heterocycles. The normalized spacial score (nSPS) is 14.4. The van der Waals surface area contributed by atoms with E-state index in [1.165, 1.54) is 10.5 Å². The molecule has 2 amide bonds. The first kappa shape index (κ1) is 27.5. The van der Waals surface area contributed by atoms with Gasteiger partial charge in [0.25, 0.3) is 5.91 Å². The van der Waals surface area contributed by atoms with Gasteiger partial charge in [0, 0.05) is 55.4 Å². The molecule has 1 saturated heterocycles. The fraction of sp³-hybridized carbons (Fsp3) is 0.481. The number of amides is 2. The zero-order valence-electron chi connectivity index (χ0n) is 20.9. The van der Waals surface area contributed by atoms with Gasteiger partial charge in [0.2, 0.25) is 5.91 Å². The van der Waals surface area contributed by atoms with E-state index in [1.807, 2.05) is 30.9 Å². The van der Waals surface area contributed by atoms with Gasteiger partial charge in [-0.3, -0.25) is 14.5 Å². The lowest BCUT2D eigenvalue weighted by Crippen LogP contribution is -2.49. The SMILES string of the molecule is CSc1ccc(CCN2CCN(C(=O)c3ccc(N(CCOC(C)C)C(=O)CCl)cc3)CC2)cc1. The average molecular weight is 518 g/mol. The molecule has 190 valence electrons. The van der Waals surface area contributed by atoms with Crippen molar-refractivity contribution < 1.29 is 14.3 Å². The Bertz CT molecular complexity index is 945. The molecule has 1 fully saturated rings. The third kappa shape index (κ3) is 8.24. The maximum atomic E-state index is 13.0. The lowest BCUT2D eigenvalue weighted by Gasteiger charge is -2.35. The predicted octanol–water partition coefficient (Wildman–Crippen LogP) is 4.41. The number of carbonyl (C=O) groups excluding carboxylic acids is 2. The quantitative estimate of drug-likeness (QED) is 0.326. The maximum absolute atomic E-state index is 13.0. The van der Waals surface area contributed by atoms with Crippen LogP contribution in [0.15, 0.2) is 53.4 Å². The van der Waals surface area contributed by atoms with Crippen LogP contribution in [0.5, 0.6) is 0 Å². The van der Waals surface area contributed by atoms with Gasteiger partial charge in [0.1, 0.15) is 5.88 Å². The molecule has 1 heterocycles. The summed E-state index contributed by atoms with van der Waals surface area (Å²) in [5.74, 6) is -0.257. The van der Waals surface area contributed by atoms with Gasteiger partial charge in [0.05, 0.1) is 12.7 Å². The van der Waals surface area contributed by atoms with Crippen LogP contribution >= 0.6 is 23.4 Å². The number of carbonyl (C=O) groups is 2. The van der Waals surface area contributed by atoms with Crippen molar-refractivity contribution in [3.05, 3.63) is 59.7 Å². The van der Waals surface area contributed by atoms with Crippen LogP contribution in [0.3, 0.4) is 0 Å². The van der Waals surface area contributed by atoms with Crippen molar-refractivity contribution in [1.29, 1.82) is 0 Å². The molecule has 0 spiro atoms. The van der Waals surface area contributed by atoms with Gasteiger partial charge in [-0.05, 0) is 68.5 Å². The van der Waals surface area contributed by atoms with Crippen LogP contribution in [0.2, 0.25) is 0 Å². The number of hydrogen-bond donors (Lipinski definition) is 0. The number of anilines is 1. The van der Waals surface area contributed by atoms with E-state index in [2.05, 4.69) is 35.4 Å². The molecule has 1 aliphatic rings. The zero-order valence-corrected chi connectivity index (χ0v) is 22.5. The van der Waals surface area contributed by atoms with E-state index in [0.717, 1.165) is 44.8 Å². The molecule has 0 bridgehead atoms. The van der Waals surface area contributed by atoms with E-state index in [-0.39, 0.29) is 23.8 Å². The molecule has 0 aromatic heterocycles. The van der Waals surface area contributed by atoms with Crippen molar-refractivity contribution in [2.75, 3.05) is 62.9 Å². The van der Waals surface area contributed by atoms with Crippen molar-refractivity contribution >= 4 is 40.9 Å².